The Hall–Kier alpha value is -3.58. The number of imidazole rings is 1. The Morgan fingerprint density at radius 3 is 2.42 bits per heavy atom. The molecule has 0 amide bonds. The van der Waals surface area contributed by atoms with E-state index in [0.717, 1.165) is 33.4 Å². The Kier molecular flexibility index (Phi) is 4.95. The maximum absolute atomic E-state index is 10.0. The lowest BCUT2D eigenvalue weighted by Gasteiger charge is -2.11. The fourth-order valence-electron chi connectivity index (χ4n) is 3.75. The van der Waals surface area contributed by atoms with Crippen LogP contribution in [0.2, 0.25) is 10.0 Å². The highest BCUT2D eigenvalue weighted by molar-refractivity contribution is 6.32. The zero-order chi connectivity index (χ0) is 21.4. The molecular formula is C26H15Cl2N3. The quantitative estimate of drug-likeness (QED) is 0.291. The molecule has 0 atom stereocenters. The monoisotopic (exact) mass is 439 g/mol. The van der Waals surface area contributed by atoms with Crippen LogP contribution in [-0.2, 0) is 0 Å². The van der Waals surface area contributed by atoms with E-state index in [9.17, 15) is 5.26 Å². The standard InChI is InChI=1S/C26H15Cl2N3/c27-20-8-5-7-19(14-20)25-15-18(13-12-17-6-1-2-9-22(17)28)21(16-29)26-30-23-10-3-4-11-24(23)31(25)26/h1-15H. The van der Waals surface area contributed by atoms with Gasteiger partial charge >= 0.3 is 0 Å². The average molecular weight is 440 g/mol. The first-order chi connectivity index (χ1) is 15.2. The van der Waals surface area contributed by atoms with E-state index in [1.54, 1.807) is 0 Å². The van der Waals surface area contributed by atoms with E-state index >= 15 is 0 Å². The summed E-state index contributed by atoms with van der Waals surface area (Å²) < 4.78 is 2.02. The second-order valence-corrected chi connectivity index (χ2v) is 7.94. The molecule has 148 valence electrons. The third-order valence-corrected chi connectivity index (χ3v) is 5.77. The minimum Gasteiger partial charge on any atom is -0.291 e. The Bertz CT molecular complexity index is 1520. The summed E-state index contributed by atoms with van der Waals surface area (Å²) in [7, 11) is 0. The summed E-state index contributed by atoms with van der Waals surface area (Å²) in [6.07, 6.45) is 3.83. The number of hydrogen-bond donors (Lipinski definition) is 0. The van der Waals surface area contributed by atoms with Crippen molar-refractivity contribution in [3.8, 4) is 17.3 Å². The number of pyridine rings is 1. The van der Waals surface area contributed by atoms with Gasteiger partial charge in [0.05, 0.1) is 16.7 Å². The molecule has 0 spiro atoms. The van der Waals surface area contributed by atoms with Crippen LogP contribution >= 0.6 is 23.2 Å². The second-order valence-electron chi connectivity index (χ2n) is 7.10. The van der Waals surface area contributed by atoms with E-state index in [1.165, 1.54) is 0 Å². The molecular weight excluding hydrogens is 425 g/mol. The van der Waals surface area contributed by atoms with Gasteiger partial charge < -0.3 is 0 Å². The minimum atomic E-state index is 0.505. The van der Waals surface area contributed by atoms with Crippen molar-refractivity contribution in [2.45, 2.75) is 0 Å². The van der Waals surface area contributed by atoms with Gasteiger partial charge in [0.15, 0.2) is 5.65 Å². The molecule has 3 aromatic carbocycles. The Morgan fingerprint density at radius 1 is 0.839 bits per heavy atom. The fraction of sp³-hybridized carbons (Fsp3) is 0. The summed E-state index contributed by atoms with van der Waals surface area (Å²) in [5.74, 6) is 0. The molecule has 0 saturated heterocycles. The van der Waals surface area contributed by atoms with E-state index in [-0.39, 0.29) is 0 Å². The summed E-state index contributed by atoms with van der Waals surface area (Å²) >= 11 is 12.6. The Balaban J connectivity index is 1.84. The third kappa shape index (κ3) is 3.47. The molecule has 0 unspecified atom stereocenters. The maximum Gasteiger partial charge on any atom is 0.157 e. The van der Waals surface area contributed by atoms with Gasteiger partial charge in [-0.1, -0.05) is 77.8 Å². The van der Waals surface area contributed by atoms with Gasteiger partial charge in [-0.3, -0.25) is 4.40 Å². The lowest BCUT2D eigenvalue weighted by Crippen LogP contribution is -1.98. The molecule has 0 aliphatic heterocycles. The van der Waals surface area contributed by atoms with Gasteiger partial charge in [-0.2, -0.15) is 5.26 Å². The molecule has 2 heterocycles. The van der Waals surface area contributed by atoms with Crippen molar-refractivity contribution in [1.29, 1.82) is 5.26 Å². The van der Waals surface area contributed by atoms with Crippen LogP contribution in [0.15, 0.2) is 78.9 Å². The van der Waals surface area contributed by atoms with Crippen LogP contribution in [-0.4, -0.2) is 9.38 Å². The van der Waals surface area contributed by atoms with Gasteiger partial charge in [0, 0.05) is 15.6 Å². The summed E-state index contributed by atoms with van der Waals surface area (Å²) in [5.41, 5.74) is 6.37. The van der Waals surface area contributed by atoms with Crippen LogP contribution in [0, 0.1) is 11.3 Å². The average Bonchev–Trinajstić information content (AvgIpc) is 3.17. The largest absolute Gasteiger partial charge is 0.291 e. The summed E-state index contributed by atoms with van der Waals surface area (Å²) in [6.45, 7) is 0. The summed E-state index contributed by atoms with van der Waals surface area (Å²) in [6, 6.07) is 27.5. The Labute approximate surface area is 189 Å². The normalized spacial score (nSPS) is 11.4. The van der Waals surface area contributed by atoms with E-state index < -0.39 is 0 Å². The van der Waals surface area contributed by atoms with Crippen molar-refractivity contribution >= 4 is 52.0 Å². The molecule has 0 aliphatic rings. The molecule has 2 aromatic heterocycles. The molecule has 5 rings (SSSR count). The minimum absolute atomic E-state index is 0.505. The molecule has 0 bridgehead atoms. The van der Waals surface area contributed by atoms with Crippen molar-refractivity contribution in [2.24, 2.45) is 0 Å². The van der Waals surface area contributed by atoms with Gasteiger partial charge in [0.25, 0.3) is 0 Å². The number of nitriles is 1. The van der Waals surface area contributed by atoms with Crippen molar-refractivity contribution in [2.75, 3.05) is 0 Å². The van der Waals surface area contributed by atoms with Crippen LogP contribution in [0.1, 0.15) is 16.7 Å². The highest BCUT2D eigenvalue weighted by atomic mass is 35.5. The van der Waals surface area contributed by atoms with E-state index in [0.29, 0.717) is 21.3 Å². The van der Waals surface area contributed by atoms with Crippen LogP contribution in [0.3, 0.4) is 0 Å². The van der Waals surface area contributed by atoms with Crippen LogP contribution in [0.4, 0.5) is 0 Å². The number of fused-ring (bicyclic) bond motifs is 3. The van der Waals surface area contributed by atoms with Crippen molar-refractivity contribution in [3.05, 3.63) is 106 Å². The molecule has 0 radical (unpaired) electrons. The number of rotatable bonds is 3. The van der Waals surface area contributed by atoms with Crippen molar-refractivity contribution in [1.82, 2.24) is 9.38 Å². The first-order valence-corrected chi connectivity index (χ1v) is 10.4. The molecule has 0 fully saturated rings. The van der Waals surface area contributed by atoms with Crippen molar-refractivity contribution < 1.29 is 0 Å². The molecule has 5 heteroatoms. The molecule has 0 aliphatic carbocycles. The second kappa shape index (κ2) is 7.92. The number of benzene rings is 3. The number of aromatic nitrogens is 2. The number of nitrogens with zero attached hydrogens (tertiary/aromatic N) is 3. The van der Waals surface area contributed by atoms with Gasteiger partial charge in [0.2, 0.25) is 0 Å². The van der Waals surface area contributed by atoms with Gasteiger partial charge in [-0.05, 0) is 47.5 Å². The lowest BCUT2D eigenvalue weighted by atomic mass is 10.0. The summed E-state index contributed by atoms with van der Waals surface area (Å²) in [5, 5.41) is 11.3. The van der Waals surface area contributed by atoms with Crippen LogP contribution in [0.25, 0.3) is 40.1 Å². The maximum atomic E-state index is 10.0. The Morgan fingerprint density at radius 2 is 1.61 bits per heavy atom. The zero-order valence-electron chi connectivity index (χ0n) is 16.3. The number of para-hydroxylation sites is 2. The van der Waals surface area contributed by atoms with Gasteiger partial charge in [0.1, 0.15) is 11.6 Å². The highest BCUT2D eigenvalue weighted by Crippen LogP contribution is 2.32. The first kappa shape index (κ1) is 19.4. The predicted molar refractivity (Wildman–Crippen MR) is 128 cm³/mol. The highest BCUT2D eigenvalue weighted by Gasteiger charge is 2.17. The lowest BCUT2D eigenvalue weighted by molar-refractivity contribution is 1.21. The van der Waals surface area contributed by atoms with Gasteiger partial charge in [-0.15, -0.1) is 0 Å². The van der Waals surface area contributed by atoms with Crippen LogP contribution < -0.4 is 0 Å². The van der Waals surface area contributed by atoms with E-state index in [4.69, 9.17) is 28.2 Å². The molecule has 5 aromatic rings. The van der Waals surface area contributed by atoms with Crippen LogP contribution in [0.5, 0.6) is 0 Å². The van der Waals surface area contributed by atoms with Gasteiger partial charge in [-0.25, -0.2) is 4.98 Å². The topological polar surface area (TPSA) is 41.1 Å². The molecule has 0 N–H and O–H groups in total. The first-order valence-electron chi connectivity index (χ1n) is 9.68. The number of hydrogen-bond acceptors (Lipinski definition) is 2. The van der Waals surface area contributed by atoms with Crippen molar-refractivity contribution in [3.63, 3.8) is 0 Å². The fourth-order valence-corrected chi connectivity index (χ4v) is 4.14. The van der Waals surface area contributed by atoms with E-state index in [2.05, 4.69) is 6.07 Å². The zero-order valence-corrected chi connectivity index (χ0v) is 17.8. The molecule has 31 heavy (non-hydrogen) atoms. The predicted octanol–water partition coefficient (Wildman–Crippen LogP) is 7.50. The number of halogens is 2. The SMILES string of the molecule is N#Cc1c(C=Cc2ccccc2Cl)cc(-c2cccc(Cl)c2)n2c1nc1ccccc12. The molecule has 0 saturated carbocycles. The smallest absolute Gasteiger partial charge is 0.157 e. The summed E-state index contributed by atoms with van der Waals surface area (Å²) in [4.78, 5) is 4.78. The molecule has 3 nitrogen and oxygen atoms in total. The third-order valence-electron chi connectivity index (χ3n) is 5.19. The van der Waals surface area contributed by atoms with E-state index in [1.807, 2.05) is 95.4 Å².